The zero-order valence-electron chi connectivity index (χ0n) is 10.6. The molecule has 0 aliphatic carbocycles. The molecule has 0 fully saturated rings. The van der Waals surface area contributed by atoms with E-state index in [1.807, 2.05) is 0 Å². The smallest absolute Gasteiger partial charge is 0.416 e. The summed E-state index contributed by atoms with van der Waals surface area (Å²) in [6, 6.07) is 4.94. The zero-order chi connectivity index (χ0) is 14.8. The van der Waals surface area contributed by atoms with Gasteiger partial charge in [-0.05, 0) is 30.7 Å². The van der Waals surface area contributed by atoms with Gasteiger partial charge in [-0.1, -0.05) is 12.1 Å². The minimum absolute atomic E-state index is 0.240. The Hall–Kier alpha value is -2.08. The van der Waals surface area contributed by atoms with Crippen LogP contribution in [0, 0.1) is 6.92 Å². The van der Waals surface area contributed by atoms with Gasteiger partial charge < -0.3 is 9.52 Å². The number of aliphatic hydroxyl groups excluding tert-OH is 1. The van der Waals surface area contributed by atoms with E-state index < -0.39 is 11.7 Å². The number of aromatic nitrogens is 1. The number of hydrogen-bond acceptors (Lipinski definition) is 3. The van der Waals surface area contributed by atoms with Crippen molar-refractivity contribution in [1.82, 2.24) is 4.98 Å². The molecule has 6 heteroatoms. The lowest BCUT2D eigenvalue weighted by atomic mass is 10.1. The molecule has 0 atom stereocenters. The van der Waals surface area contributed by atoms with Crippen LogP contribution >= 0.6 is 0 Å². The third-order valence-corrected chi connectivity index (χ3v) is 2.69. The first-order valence-electron chi connectivity index (χ1n) is 5.82. The van der Waals surface area contributed by atoms with Crippen molar-refractivity contribution in [1.29, 1.82) is 0 Å². The molecule has 0 aliphatic heterocycles. The SMILES string of the molecule is Cc1oc(C=Cc2cccc(C(F)(F)F)c2)nc1CO. The minimum atomic E-state index is -4.37. The number of oxazole rings is 1. The molecule has 106 valence electrons. The molecule has 1 aromatic carbocycles. The molecule has 0 saturated carbocycles. The number of aryl methyl sites for hydroxylation is 1. The zero-order valence-corrected chi connectivity index (χ0v) is 10.6. The van der Waals surface area contributed by atoms with Crippen LogP contribution in [0.15, 0.2) is 28.7 Å². The van der Waals surface area contributed by atoms with Crippen molar-refractivity contribution in [2.24, 2.45) is 0 Å². The number of nitrogens with zero attached hydrogens (tertiary/aromatic N) is 1. The van der Waals surface area contributed by atoms with E-state index in [1.165, 1.54) is 18.2 Å². The lowest BCUT2D eigenvalue weighted by Crippen LogP contribution is -2.04. The molecule has 0 amide bonds. The van der Waals surface area contributed by atoms with E-state index in [0.29, 0.717) is 17.0 Å². The molecule has 0 aliphatic rings. The molecular formula is C14H12F3NO2. The fraction of sp³-hybridized carbons (Fsp3) is 0.214. The van der Waals surface area contributed by atoms with E-state index in [4.69, 9.17) is 9.52 Å². The molecule has 0 saturated heterocycles. The highest BCUT2D eigenvalue weighted by molar-refractivity contribution is 5.66. The molecule has 0 bridgehead atoms. The molecule has 0 radical (unpaired) electrons. The largest absolute Gasteiger partial charge is 0.442 e. The van der Waals surface area contributed by atoms with Crippen LogP contribution in [-0.4, -0.2) is 10.1 Å². The van der Waals surface area contributed by atoms with Crippen molar-refractivity contribution in [3.8, 4) is 0 Å². The van der Waals surface area contributed by atoms with Crippen LogP contribution in [0.4, 0.5) is 13.2 Å². The van der Waals surface area contributed by atoms with Gasteiger partial charge in [-0.3, -0.25) is 0 Å². The van der Waals surface area contributed by atoms with Crippen LogP contribution in [-0.2, 0) is 12.8 Å². The van der Waals surface area contributed by atoms with Gasteiger partial charge in [0, 0.05) is 6.08 Å². The fourth-order valence-corrected chi connectivity index (χ4v) is 1.65. The van der Waals surface area contributed by atoms with Crippen LogP contribution in [0.2, 0.25) is 0 Å². The summed E-state index contributed by atoms with van der Waals surface area (Å²) in [5.41, 5.74) is 0.0919. The predicted molar refractivity (Wildman–Crippen MR) is 67.5 cm³/mol. The van der Waals surface area contributed by atoms with E-state index >= 15 is 0 Å². The van der Waals surface area contributed by atoms with Gasteiger partial charge in [0.25, 0.3) is 0 Å². The molecule has 1 heterocycles. The van der Waals surface area contributed by atoms with Gasteiger partial charge in [0.15, 0.2) is 0 Å². The highest BCUT2D eigenvalue weighted by Gasteiger charge is 2.30. The molecule has 2 aromatic rings. The summed E-state index contributed by atoms with van der Waals surface area (Å²) >= 11 is 0. The number of aliphatic hydroxyl groups is 1. The predicted octanol–water partition coefficient (Wildman–Crippen LogP) is 3.66. The van der Waals surface area contributed by atoms with Gasteiger partial charge in [-0.25, -0.2) is 4.98 Å². The van der Waals surface area contributed by atoms with Crippen molar-refractivity contribution in [2.75, 3.05) is 0 Å². The topological polar surface area (TPSA) is 46.3 Å². The fourth-order valence-electron chi connectivity index (χ4n) is 1.65. The molecule has 2 rings (SSSR count). The highest BCUT2D eigenvalue weighted by atomic mass is 19.4. The van der Waals surface area contributed by atoms with Gasteiger partial charge in [0.05, 0.1) is 12.2 Å². The van der Waals surface area contributed by atoms with E-state index in [-0.39, 0.29) is 12.5 Å². The Morgan fingerprint density at radius 2 is 2.05 bits per heavy atom. The molecule has 0 unspecified atom stereocenters. The van der Waals surface area contributed by atoms with Crippen molar-refractivity contribution >= 4 is 12.2 Å². The molecule has 1 aromatic heterocycles. The van der Waals surface area contributed by atoms with Crippen molar-refractivity contribution in [3.63, 3.8) is 0 Å². The second-order valence-corrected chi connectivity index (χ2v) is 4.17. The van der Waals surface area contributed by atoms with Crippen molar-refractivity contribution in [2.45, 2.75) is 19.7 Å². The number of hydrogen-bond donors (Lipinski definition) is 1. The normalized spacial score (nSPS) is 12.2. The van der Waals surface area contributed by atoms with Crippen LogP contribution in [0.5, 0.6) is 0 Å². The first-order valence-corrected chi connectivity index (χ1v) is 5.82. The third-order valence-electron chi connectivity index (χ3n) is 2.69. The number of halogens is 3. The maximum absolute atomic E-state index is 12.6. The average Bonchev–Trinajstić information content (AvgIpc) is 2.76. The Morgan fingerprint density at radius 1 is 1.30 bits per heavy atom. The number of benzene rings is 1. The Balaban J connectivity index is 2.23. The maximum Gasteiger partial charge on any atom is 0.416 e. The van der Waals surface area contributed by atoms with E-state index in [2.05, 4.69) is 4.98 Å². The Bertz CT molecular complexity index is 630. The Morgan fingerprint density at radius 3 is 2.65 bits per heavy atom. The Kier molecular flexibility index (Phi) is 3.94. The quantitative estimate of drug-likeness (QED) is 0.935. The molecule has 0 spiro atoms. The van der Waals surface area contributed by atoms with Crippen molar-refractivity contribution in [3.05, 3.63) is 52.7 Å². The summed E-state index contributed by atoms with van der Waals surface area (Å²) in [5.74, 6) is 0.722. The highest BCUT2D eigenvalue weighted by Crippen LogP contribution is 2.29. The summed E-state index contributed by atoms with van der Waals surface area (Å²) in [5, 5.41) is 8.97. The van der Waals surface area contributed by atoms with Crippen LogP contribution in [0.3, 0.4) is 0 Å². The monoisotopic (exact) mass is 283 g/mol. The lowest BCUT2D eigenvalue weighted by molar-refractivity contribution is -0.137. The molecule has 3 nitrogen and oxygen atoms in total. The minimum Gasteiger partial charge on any atom is -0.442 e. The summed E-state index contributed by atoms with van der Waals surface area (Å²) < 4.78 is 42.9. The van der Waals surface area contributed by atoms with Crippen LogP contribution in [0.25, 0.3) is 12.2 Å². The lowest BCUT2D eigenvalue weighted by Gasteiger charge is -2.06. The van der Waals surface area contributed by atoms with E-state index in [1.54, 1.807) is 13.0 Å². The Labute approximate surface area is 113 Å². The first-order chi connectivity index (χ1) is 9.40. The van der Waals surface area contributed by atoms with Gasteiger partial charge in [-0.15, -0.1) is 0 Å². The average molecular weight is 283 g/mol. The van der Waals surface area contributed by atoms with Gasteiger partial charge >= 0.3 is 6.18 Å². The third kappa shape index (κ3) is 3.27. The van der Waals surface area contributed by atoms with Gasteiger partial charge in [-0.2, -0.15) is 13.2 Å². The summed E-state index contributed by atoms with van der Waals surface area (Å²) in [6.45, 7) is 1.41. The summed E-state index contributed by atoms with van der Waals surface area (Å²) in [6.07, 6.45) is -1.43. The first kappa shape index (κ1) is 14.3. The van der Waals surface area contributed by atoms with E-state index in [9.17, 15) is 13.2 Å². The molecule has 1 N–H and O–H groups in total. The van der Waals surface area contributed by atoms with Gasteiger partial charge in [0.1, 0.15) is 11.5 Å². The summed E-state index contributed by atoms with van der Waals surface area (Å²) in [7, 11) is 0. The van der Waals surface area contributed by atoms with Crippen LogP contribution < -0.4 is 0 Å². The van der Waals surface area contributed by atoms with Crippen LogP contribution in [0.1, 0.15) is 28.5 Å². The molecular weight excluding hydrogens is 271 g/mol. The van der Waals surface area contributed by atoms with E-state index in [0.717, 1.165) is 12.1 Å². The van der Waals surface area contributed by atoms with Crippen molar-refractivity contribution < 1.29 is 22.7 Å². The standard InChI is InChI=1S/C14H12F3NO2/c1-9-12(8-19)18-13(20-9)6-5-10-3-2-4-11(7-10)14(15,16)17/h2-7,19H,8H2,1H3. The summed E-state index contributed by atoms with van der Waals surface area (Å²) in [4.78, 5) is 3.99. The maximum atomic E-state index is 12.6. The second-order valence-electron chi connectivity index (χ2n) is 4.17. The number of rotatable bonds is 3. The van der Waals surface area contributed by atoms with Gasteiger partial charge in [0.2, 0.25) is 5.89 Å². The second kappa shape index (κ2) is 5.50. The molecule has 20 heavy (non-hydrogen) atoms. The number of alkyl halides is 3.